The predicted molar refractivity (Wildman–Crippen MR) is 59.9 cm³/mol. The van der Waals surface area contributed by atoms with Gasteiger partial charge in [0.25, 0.3) is 0 Å². The molecule has 7 heteroatoms. The topological polar surface area (TPSA) is 43.8 Å². The summed E-state index contributed by atoms with van der Waals surface area (Å²) in [5.74, 6) is -1.71. The van der Waals surface area contributed by atoms with Crippen LogP contribution in [0.5, 0.6) is 0 Å². The molecule has 0 aromatic rings. The lowest BCUT2D eigenvalue weighted by Crippen LogP contribution is -2.47. The Labute approximate surface area is 104 Å². The van der Waals surface area contributed by atoms with E-state index in [9.17, 15) is 18.0 Å². The van der Waals surface area contributed by atoms with Crippen LogP contribution in [0.3, 0.4) is 0 Å². The number of likely N-dealkylation sites (N-methyl/N-ethyl adjacent to an activating group) is 1. The van der Waals surface area contributed by atoms with Crippen LogP contribution in [0.2, 0.25) is 0 Å². The Bertz CT molecular complexity index is 284. The Morgan fingerprint density at radius 1 is 1.50 bits per heavy atom. The standard InChI is InChI=1S/C11H19F3N2O2/c1-15(5-6-17)8-10(18)16-4-2-3-9(7-16)11(12,13)14/h9,17H,2-8H2,1H3. The first-order valence-corrected chi connectivity index (χ1v) is 5.98. The summed E-state index contributed by atoms with van der Waals surface area (Å²) in [5.41, 5.74) is 0. The lowest BCUT2D eigenvalue weighted by molar-refractivity contribution is -0.188. The molecule has 4 nitrogen and oxygen atoms in total. The molecule has 1 N–H and O–H groups in total. The Morgan fingerprint density at radius 2 is 2.17 bits per heavy atom. The van der Waals surface area contributed by atoms with Crippen LogP contribution >= 0.6 is 0 Å². The number of amides is 1. The van der Waals surface area contributed by atoms with Gasteiger partial charge in [-0.05, 0) is 19.9 Å². The molecule has 0 aliphatic carbocycles. The van der Waals surface area contributed by atoms with Gasteiger partial charge in [0, 0.05) is 19.6 Å². The number of hydrogen-bond acceptors (Lipinski definition) is 3. The van der Waals surface area contributed by atoms with E-state index in [1.807, 2.05) is 0 Å². The van der Waals surface area contributed by atoms with Gasteiger partial charge < -0.3 is 10.0 Å². The lowest BCUT2D eigenvalue weighted by atomic mass is 9.97. The van der Waals surface area contributed by atoms with Crippen LogP contribution in [-0.4, -0.2) is 66.8 Å². The van der Waals surface area contributed by atoms with Gasteiger partial charge >= 0.3 is 6.18 Å². The second-order valence-electron chi connectivity index (χ2n) is 4.68. The molecule has 1 heterocycles. The van der Waals surface area contributed by atoms with Crippen LogP contribution in [0, 0.1) is 5.92 Å². The average molecular weight is 268 g/mol. The first-order chi connectivity index (χ1) is 8.34. The smallest absolute Gasteiger partial charge is 0.393 e. The molecule has 0 spiro atoms. The molecule has 1 fully saturated rings. The quantitative estimate of drug-likeness (QED) is 0.816. The van der Waals surface area contributed by atoms with E-state index < -0.39 is 12.1 Å². The summed E-state index contributed by atoms with van der Waals surface area (Å²) in [6.45, 7) is 0.454. The van der Waals surface area contributed by atoms with Crippen molar-refractivity contribution >= 4 is 5.91 Å². The van der Waals surface area contributed by atoms with Crippen molar-refractivity contribution in [1.82, 2.24) is 9.80 Å². The minimum absolute atomic E-state index is 0.0468. The number of aliphatic hydroxyl groups is 1. The molecule has 0 radical (unpaired) electrons. The number of aliphatic hydroxyl groups excluding tert-OH is 1. The van der Waals surface area contributed by atoms with Gasteiger partial charge in [-0.25, -0.2) is 0 Å². The minimum Gasteiger partial charge on any atom is -0.395 e. The zero-order valence-corrected chi connectivity index (χ0v) is 10.4. The van der Waals surface area contributed by atoms with Gasteiger partial charge in [-0.3, -0.25) is 9.69 Å². The fourth-order valence-corrected chi connectivity index (χ4v) is 2.05. The number of halogens is 3. The van der Waals surface area contributed by atoms with Gasteiger partial charge in [0.2, 0.25) is 5.91 Å². The van der Waals surface area contributed by atoms with Gasteiger partial charge in [0.1, 0.15) is 0 Å². The average Bonchev–Trinajstić information content (AvgIpc) is 2.28. The molecule has 1 atom stereocenters. The highest BCUT2D eigenvalue weighted by atomic mass is 19.4. The van der Waals surface area contributed by atoms with E-state index in [1.165, 1.54) is 4.90 Å². The number of carbonyl (C=O) groups excluding carboxylic acids is 1. The molecule has 1 aliphatic heterocycles. The fraction of sp³-hybridized carbons (Fsp3) is 0.909. The second-order valence-corrected chi connectivity index (χ2v) is 4.68. The first-order valence-electron chi connectivity index (χ1n) is 5.98. The van der Waals surface area contributed by atoms with Crippen LogP contribution in [-0.2, 0) is 4.79 Å². The SMILES string of the molecule is CN(CCO)CC(=O)N1CCCC(C(F)(F)F)C1. The molecular weight excluding hydrogens is 249 g/mol. The molecule has 106 valence electrons. The van der Waals surface area contributed by atoms with Crippen LogP contribution in [0.15, 0.2) is 0 Å². The lowest BCUT2D eigenvalue weighted by Gasteiger charge is -2.34. The van der Waals surface area contributed by atoms with Gasteiger partial charge in [-0.15, -0.1) is 0 Å². The van der Waals surface area contributed by atoms with Crippen LogP contribution in [0.25, 0.3) is 0 Å². The predicted octanol–water partition coefficient (Wildman–Crippen LogP) is 0.711. The van der Waals surface area contributed by atoms with Gasteiger partial charge in [0.05, 0.1) is 19.1 Å². The molecule has 1 rings (SSSR count). The molecule has 0 bridgehead atoms. The van der Waals surface area contributed by atoms with Crippen molar-refractivity contribution in [3.05, 3.63) is 0 Å². The van der Waals surface area contributed by atoms with E-state index >= 15 is 0 Å². The molecule has 1 saturated heterocycles. The van der Waals surface area contributed by atoms with Gasteiger partial charge in [-0.1, -0.05) is 0 Å². The zero-order chi connectivity index (χ0) is 13.8. The summed E-state index contributed by atoms with van der Waals surface area (Å²) in [6.07, 6.45) is -3.74. The van der Waals surface area contributed by atoms with E-state index in [2.05, 4.69) is 0 Å². The largest absolute Gasteiger partial charge is 0.395 e. The summed E-state index contributed by atoms with van der Waals surface area (Å²) in [6, 6.07) is 0. The Kier molecular flexibility index (Phi) is 5.40. The zero-order valence-electron chi connectivity index (χ0n) is 10.4. The number of rotatable bonds is 4. The summed E-state index contributed by atoms with van der Waals surface area (Å²) in [7, 11) is 1.65. The molecule has 18 heavy (non-hydrogen) atoms. The third-order valence-electron chi connectivity index (χ3n) is 3.12. The van der Waals surface area contributed by atoms with Crippen LogP contribution in [0.1, 0.15) is 12.8 Å². The van der Waals surface area contributed by atoms with E-state index in [-0.39, 0.29) is 32.0 Å². The van der Waals surface area contributed by atoms with E-state index in [1.54, 1.807) is 11.9 Å². The maximum Gasteiger partial charge on any atom is 0.393 e. The third kappa shape index (κ3) is 4.45. The molecular formula is C11H19F3N2O2. The van der Waals surface area contributed by atoms with E-state index in [0.717, 1.165) is 0 Å². The minimum atomic E-state index is -4.23. The van der Waals surface area contributed by atoms with Crippen molar-refractivity contribution < 1.29 is 23.1 Å². The third-order valence-corrected chi connectivity index (χ3v) is 3.12. The van der Waals surface area contributed by atoms with Crippen molar-refractivity contribution in [2.75, 3.05) is 39.8 Å². The molecule has 1 aliphatic rings. The second kappa shape index (κ2) is 6.38. The first kappa shape index (κ1) is 15.2. The van der Waals surface area contributed by atoms with Crippen LogP contribution in [0.4, 0.5) is 13.2 Å². The highest BCUT2D eigenvalue weighted by Gasteiger charge is 2.42. The van der Waals surface area contributed by atoms with Crippen molar-refractivity contribution in [2.45, 2.75) is 19.0 Å². The number of piperidine rings is 1. The number of alkyl halides is 3. The number of hydrogen-bond donors (Lipinski definition) is 1. The number of carbonyl (C=O) groups is 1. The number of nitrogens with zero attached hydrogens (tertiary/aromatic N) is 2. The van der Waals surface area contributed by atoms with Gasteiger partial charge in [-0.2, -0.15) is 13.2 Å². The normalized spacial score (nSPS) is 21.4. The Morgan fingerprint density at radius 3 is 2.72 bits per heavy atom. The Hall–Kier alpha value is -0.820. The van der Waals surface area contributed by atoms with Crippen molar-refractivity contribution in [2.24, 2.45) is 5.92 Å². The van der Waals surface area contributed by atoms with Crippen molar-refractivity contribution in [3.63, 3.8) is 0 Å². The fourth-order valence-electron chi connectivity index (χ4n) is 2.05. The van der Waals surface area contributed by atoms with Crippen molar-refractivity contribution in [3.8, 4) is 0 Å². The van der Waals surface area contributed by atoms with E-state index in [4.69, 9.17) is 5.11 Å². The molecule has 1 amide bonds. The molecule has 0 saturated carbocycles. The molecule has 1 unspecified atom stereocenters. The van der Waals surface area contributed by atoms with Gasteiger partial charge in [0.15, 0.2) is 0 Å². The maximum absolute atomic E-state index is 12.6. The molecule has 0 aromatic carbocycles. The summed E-state index contributed by atoms with van der Waals surface area (Å²) >= 11 is 0. The van der Waals surface area contributed by atoms with Crippen molar-refractivity contribution in [1.29, 1.82) is 0 Å². The monoisotopic (exact) mass is 268 g/mol. The maximum atomic E-state index is 12.6. The van der Waals surface area contributed by atoms with E-state index in [0.29, 0.717) is 19.5 Å². The summed E-state index contributed by atoms with van der Waals surface area (Å²) in [4.78, 5) is 14.7. The Balaban J connectivity index is 2.48. The highest BCUT2D eigenvalue weighted by Crippen LogP contribution is 2.33. The highest BCUT2D eigenvalue weighted by molar-refractivity contribution is 5.78. The van der Waals surface area contributed by atoms with Crippen LogP contribution < -0.4 is 0 Å². The summed E-state index contributed by atoms with van der Waals surface area (Å²) in [5, 5.41) is 8.69. The molecule has 0 aromatic heterocycles. The summed E-state index contributed by atoms with van der Waals surface area (Å²) < 4.78 is 37.7. The number of likely N-dealkylation sites (tertiary alicyclic amines) is 1.